The van der Waals surface area contributed by atoms with E-state index >= 15 is 0 Å². The van der Waals surface area contributed by atoms with Crippen LogP contribution in [0.2, 0.25) is 5.02 Å². The summed E-state index contributed by atoms with van der Waals surface area (Å²) in [4.78, 5) is 13.8. The van der Waals surface area contributed by atoms with E-state index in [0.717, 1.165) is 31.6 Å². The number of amides is 1. The van der Waals surface area contributed by atoms with Gasteiger partial charge in [-0.05, 0) is 49.9 Å². The number of hydrogen-bond acceptors (Lipinski definition) is 3. The Hall–Kier alpha value is -1.26. The second kappa shape index (κ2) is 6.26. The van der Waals surface area contributed by atoms with Crippen molar-refractivity contribution in [3.63, 3.8) is 0 Å². The van der Waals surface area contributed by atoms with E-state index in [1.54, 1.807) is 12.1 Å². The summed E-state index contributed by atoms with van der Waals surface area (Å²) < 4.78 is 0. The standard InChI is InChI=1S/C14H20ClN3O/c15-11-3-4-13(12(8-11)14(17)19)18-7-1-2-10(9-18)5-6-16/h3-4,8,10H,1-2,5-7,9,16H2,(H2,17,19). The Morgan fingerprint density at radius 3 is 2.95 bits per heavy atom. The highest BCUT2D eigenvalue weighted by Crippen LogP contribution is 2.29. The Morgan fingerprint density at radius 1 is 1.47 bits per heavy atom. The number of halogens is 1. The van der Waals surface area contributed by atoms with Gasteiger partial charge in [0.05, 0.1) is 5.56 Å². The number of piperidine rings is 1. The molecule has 1 unspecified atom stereocenters. The van der Waals surface area contributed by atoms with E-state index in [4.69, 9.17) is 23.1 Å². The molecule has 0 saturated carbocycles. The minimum absolute atomic E-state index is 0.432. The van der Waals surface area contributed by atoms with Crippen LogP contribution < -0.4 is 16.4 Å². The number of anilines is 1. The van der Waals surface area contributed by atoms with Crippen LogP contribution in [-0.2, 0) is 0 Å². The Morgan fingerprint density at radius 2 is 2.26 bits per heavy atom. The molecule has 1 aromatic rings. The second-order valence-corrected chi connectivity index (χ2v) is 5.49. The van der Waals surface area contributed by atoms with Crippen LogP contribution in [-0.4, -0.2) is 25.5 Å². The zero-order valence-electron chi connectivity index (χ0n) is 10.9. The van der Waals surface area contributed by atoms with Crippen LogP contribution in [0, 0.1) is 5.92 Å². The molecule has 1 saturated heterocycles. The van der Waals surface area contributed by atoms with Crippen molar-refractivity contribution in [1.82, 2.24) is 0 Å². The number of hydrogen-bond donors (Lipinski definition) is 2. The highest BCUT2D eigenvalue weighted by molar-refractivity contribution is 6.31. The van der Waals surface area contributed by atoms with Crippen LogP contribution in [0.3, 0.4) is 0 Å². The Kier molecular flexibility index (Phi) is 4.66. The van der Waals surface area contributed by atoms with E-state index in [0.29, 0.717) is 23.0 Å². The normalized spacial score (nSPS) is 19.5. The Bertz CT molecular complexity index is 462. The summed E-state index contributed by atoms with van der Waals surface area (Å²) in [5.41, 5.74) is 12.5. The Balaban J connectivity index is 2.23. The molecule has 4 N–H and O–H groups in total. The fourth-order valence-electron chi connectivity index (χ4n) is 2.74. The van der Waals surface area contributed by atoms with Gasteiger partial charge in [-0.2, -0.15) is 0 Å². The SMILES string of the molecule is NCCC1CCCN(c2ccc(Cl)cc2C(N)=O)C1. The van der Waals surface area contributed by atoms with Gasteiger partial charge < -0.3 is 16.4 Å². The molecular formula is C14H20ClN3O. The van der Waals surface area contributed by atoms with Crippen molar-refractivity contribution in [1.29, 1.82) is 0 Å². The van der Waals surface area contributed by atoms with Gasteiger partial charge >= 0.3 is 0 Å². The van der Waals surface area contributed by atoms with Crippen molar-refractivity contribution in [2.45, 2.75) is 19.3 Å². The summed E-state index contributed by atoms with van der Waals surface area (Å²) in [5.74, 6) is 0.161. The first kappa shape index (κ1) is 14.2. The number of benzene rings is 1. The molecule has 1 aliphatic heterocycles. The first-order chi connectivity index (χ1) is 9.11. The molecule has 0 aromatic heterocycles. The molecule has 0 aliphatic carbocycles. The number of carbonyl (C=O) groups excluding carboxylic acids is 1. The number of carbonyl (C=O) groups is 1. The van der Waals surface area contributed by atoms with Crippen molar-refractivity contribution < 1.29 is 4.79 Å². The van der Waals surface area contributed by atoms with Gasteiger partial charge in [-0.3, -0.25) is 4.79 Å². The smallest absolute Gasteiger partial charge is 0.250 e. The summed E-state index contributed by atoms with van der Waals surface area (Å²) in [6.45, 7) is 2.59. The molecule has 1 amide bonds. The summed E-state index contributed by atoms with van der Waals surface area (Å²) in [5, 5.41) is 0.535. The van der Waals surface area contributed by atoms with Crippen LogP contribution in [0.15, 0.2) is 18.2 Å². The van der Waals surface area contributed by atoms with E-state index in [-0.39, 0.29) is 0 Å². The molecule has 19 heavy (non-hydrogen) atoms. The molecule has 1 heterocycles. The first-order valence-corrected chi connectivity index (χ1v) is 7.04. The summed E-state index contributed by atoms with van der Waals surface area (Å²) in [6.07, 6.45) is 3.34. The molecule has 1 atom stereocenters. The van der Waals surface area contributed by atoms with Crippen LogP contribution in [0.4, 0.5) is 5.69 Å². The van der Waals surface area contributed by atoms with E-state index in [1.807, 2.05) is 6.07 Å². The minimum atomic E-state index is -0.432. The average Bonchev–Trinajstić information content (AvgIpc) is 2.39. The highest BCUT2D eigenvalue weighted by Gasteiger charge is 2.22. The lowest BCUT2D eigenvalue weighted by atomic mass is 9.94. The summed E-state index contributed by atoms with van der Waals surface area (Å²) in [7, 11) is 0. The Labute approximate surface area is 118 Å². The maximum atomic E-state index is 11.5. The van der Waals surface area contributed by atoms with E-state index < -0.39 is 5.91 Å². The molecule has 1 aliphatic rings. The lowest BCUT2D eigenvalue weighted by Gasteiger charge is -2.35. The fraction of sp³-hybridized carbons (Fsp3) is 0.500. The number of nitrogens with zero attached hydrogens (tertiary/aromatic N) is 1. The van der Waals surface area contributed by atoms with E-state index in [1.165, 1.54) is 6.42 Å². The molecule has 5 heteroatoms. The van der Waals surface area contributed by atoms with Gasteiger partial charge in [0, 0.05) is 23.8 Å². The zero-order chi connectivity index (χ0) is 13.8. The lowest BCUT2D eigenvalue weighted by Crippen LogP contribution is -2.37. The lowest BCUT2D eigenvalue weighted by molar-refractivity contribution is 0.100. The predicted octanol–water partition coefficient (Wildman–Crippen LogP) is 2.00. The molecule has 1 aromatic carbocycles. The molecule has 0 bridgehead atoms. The van der Waals surface area contributed by atoms with Crippen molar-refractivity contribution >= 4 is 23.2 Å². The van der Waals surface area contributed by atoms with E-state index in [9.17, 15) is 4.79 Å². The van der Waals surface area contributed by atoms with Crippen LogP contribution in [0.5, 0.6) is 0 Å². The second-order valence-electron chi connectivity index (χ2n) is 5.06. The first-order valence-electron chi connectivity index (χ1n) is 6.66. The highest BCUT2D eigenvalue weighted by atomic mass is 35.5. The minimum Gasteiger partial charge on any atom is -0.371 e. The molecule has 4 nitrogen and oxygen atoms in total. The van der Waals surface area contributed by atoms with Crippen LogP contribution in [0.25, 0.3) is 0 Å². The summed E-state index contributed by atoms with van der Waals surface area (Å²) in [6, 6.07) is 5.33. The number of rotatable bonds is 4. The number of nitrogens with two attached hydrogens (primary N) is 2. The van der Waals surface area contributed by atoms with Gasteiger partial charge in [0.25, 0.3) is 5.91 Å². The predicted molar refractivity (Wildman–Crippen MR) is 78.6 cm³/mol. The zero-order valence-corrected chi connectivity index (χ0v) is 11.7. The van der Waals surface area contributed by atoms with Crippen molar-refractivity contribution in [3.8, 4) is 0 Å². The van der Waals surface area contributed by atoms with E-state index in [2.05, 4.69) is 4.90 Å². The maximum absolute atomic E-state index is 11.5. The van der Waals surface area contributed by atoms with Crippen molar-refractivity contribution in [2.75, 3.05) is 24.5 Å². The quantitative estimate of drug-likeness (QED) is 0.887. The van der Waals surface area contributed by atoms with Crippen LogP contribution >= 0.6 is 11.6 Å². The molecule has 1 fully saturated rings. The molecular weight excluding hydrogens is 262 g/mol. The van der Waals surface area contributed by atoms with Crippen molar-refractivity contribution in [3.05, 3.63) is 28.8 Å². The monoisotopic (exact) mass is 281 g/mol. The topological polar surface area (TPSA) is 72.3 Å². The fourth-order valence-corrected chi connectivity index (χ4v) is 2.91. The third kappa shape index (κ3) is 3.39. The molecule has 0 radical (unpaired) electrons. The third-order valence-electron chi connectivity index (χ3n) is 3.66. The van der Waals surface area contributed by atoms with Gasteiger partial charge in [-0.15, -0.1) is 0 Å². The third-order valence-corrected chi connectivity index (χ3v) is 3.89. The maximum Gasteiger partial charge on any atom is 0.250 e. The van der Waals surface area contributed by atoms with Gasteiger partial charge in [-0.1, -0.05) is 11.6 Å². The van der Waals surface area contributed by atoms with Gasteiger partial charge in [-0.25, -0.2) is 0 Å². The molecule has 2 rings (SSSR count). The molecule has 0 spiro atoms. The van der Waals surface area contributed by atoms with Crippen molar-refractivity contribution in [2.24, 2.45) is 17.4 Å². The average molecular weight is 282 g/mol. The van der Waals surface area contributed by atoms with Crippen LogP contribution in [0.1, 0.15) is 29.6 Å². The summed E-state index contributed by atoms with van der Waals surface area (Å²) >= 11 is 5.94. The number of primary amides is 1. The largest absolute Gasteiger partial charge is 0.371 e. The van der Waals surface area contributed by atoms with Gasteiger partial charge in [0.2, 0.25) is 0 Å². The van der Waals surface area contributed by atoms with Gasteiger partial charge in [0.1, 0.15) is 0 Å². The van der Waals surface area contributed by atoms with Gasteiger partial charge in [0.15, 0.2) is 0 Å². The molecule has 104 valence electrons.